The maximum absolute atomic E-state index is 10.9. The van der Waals surface area contributed by atoms with Crippen LogP contribution < -0.4 is 10.6 Å². The van der Waals surface area contributed by atoms with Crippen molar-refractivity contribution >= 4 is 18.4 Å². The van der Waals surface area contributed by atoms with Crippen LogP contribution in [0.2, 0.25) is 0 Å². The summed E-state index contributed by atoms with van der Waals surface area (Å²) in [4.78, 5) is 10.9. The SMILES string of the molecule is Cl.O=C1NCC2(C=CCCC2)N1. The molecule has 1 atom stereocenters. The van der Waals surface area contributed by atoms with Crippen molar-refractivity contribution in [2.75, 3.05) is 6.54 Å². The molecular weight excluding hydrogens is 176 g/mol. The largest absolute Gasteiger partial charge is 0.335 e. The van der Waals surface area contributed by atoms with Crippen LogP contribution in [0.1, 0.15) is 19.3 Å². The van der Waals surface area contributed by atoms with Crippen molar-refractivity contribution in [2.24, 2.45) is 0 Å². The van der Waals surface area contributed by atoms with Crippen LogP contribution in [-0.4, -0.2) is 18.1 Å². The lowest BCUT2D eigenvalue weighted by molar-refractivity contribution is 0.245. The third-order valence-corrected chi connectivity index (χ3v) is 2.36. The van der Waals surface area contributed by atoms with Crippen molar-refractivity contribution < 1.29 is 4.79 Å². The predicted molar refractivity (Wildman–Crippen MR) is 49.5 cm³/mol. The molecule has 1 aliphatic heterocycles. The van der Waals surface area contributed by atoms with E-state index in [0.717, 1.165) is 19.4 Å². The van der Waals surface area contributed by atoms with Crippen molar-refractivity contribution in [3.63, 3.8) is 0 Å². The monoisotopic (exact) mass is 188 g/mol. The van der Waals surface area contributed by atoms with Crippen LogP contribution >= 0.6 is 12.4 Å². The predicted octanol–water partition coefficient (Wildman–Crippen LogP) is 1.20. The average Bonchev–Trinajstić information content (AvgIpc) is 2.34. The number of allylic oxidation sites excluding steroid dienone is 1. The molecule has 1 unspecified atom stereocenters. The van der Waals surface area contributed by atoms with E-state index >= 15 is 0 Å². The quantitative estimate of drug-likeness (QED) is 0.551. The summed E-state index contributed by atoms with van der Waals surface area (Å²) in [6.07, 6.45) is 7.67. The van der Waals surface area contributed by atoms with Gasteiger partial charge in [0, 0.05) is 6.54 Å². The summed E-state index contributed by atoms with van der Waals surface area (Å²) in [6, 6.07) is -0.0310. The van der Waals surface area contributed by atoms with Gasteiger partial charge < -0.3 is 10.6 Å². The summed E-state index contributed by atoms with van der Waals surface area (Å²) in [5, 5.41) is 5.71. The highest BCUT2D eigenvalue weighted by molar-refractivity contribution is 5.85. The Labute approximate surface area is 78.0 Å². The van der Waals surface area contributed by atoms with Gasteiger partial charge >= 0.3 is 6.03 Å². The molecule has 2 N–H and O–H groups in total. The van der Waals surface area contributed by atoms with Crippen molar-refractivity contribution in [3.05, 3.63) is 12.2 Å². The van der Waals surface area contributed by atoms with Gasteiger partial charge in [-0.05, 0) is 19.3 Å². The summed E-state index contributed by atoms with van der Waals surface area (Å²) in [7, 11) is 0. The Balaban J connectivity index is 0.000000720. The lowest BCUT2D eigenvalue weighted by atomic mass is 9.89. The Morgan fingerprint density at radius 3 is 2.83 bits per heavy atom. The molecule has 1 spiro atoms. The molecule has 1 fully saturated rings. The highest BCUT2D eigenvalue weighted by Gasteiger charge is 2.35. The molecule has 1 saturated heterocycles. The Bertz CT molecular complexity index is 217. The molecule has 0 saturated carbocycles. The molecule has 2 rings (SSSR count). The lowest BCUT2D eigenvalue weighted by Crippen LogP contribution is -2.42. The van der Waals surface area contributed by atoms with Gasteiger partial charge in [0.1, 0.15) is 0 Å². The zero-order valence-electron chi connectivity index (χ0n) is 6.80. The lowest BCUT2D eigenvalue weighted by Gasteiger charge is -2.26. The number of nitrogens with one attached hydrogen (secondary N) is 2. The van der Waals surface area contributed by atoms with E-state index in [0.29, 0.717) is 0 Å². The Hall–Kier alpha value is -0.700. The molecule has 2 amide bonds. The molecule has 1 aliphatic carbocycles. The van der Waals surface area contributed by atoms with E-state index in [4.69, 9.17) is 0 Å². The summed E-state index contributed by atoms with van der Waals surface area (Å²) < 4.78 is 0. The Morgan fingerprint density at radius 1 is 1.50 bits per heavy atom. The van der Waals surface area contributed by atoms with Gasteiger partial charge in [0.2, 0.25) is 0 Å². The second-order valence-electron chi connectivity index (χ2n) is 3.26. The first kappa shape index (κ1) is 9.39. The van der Waals surface area contributed by atoms with E-state index in [9.17, 15) is 4.79 Å². The van der Waals surface area contributed by atoms with E-state index in [1.807, 2.05) is 0 Å². The fourth-order valence-electron chi connectivity index (χ4n) is 1.73. The zero-order chi connectivity index (χ0) is 7.73. The van der Waals surface area contributed by atoms with Gasteiger partial charge in [0.15, 0.2) is 0 Å². The molecule has 0 aromatic rings. The van der Waals surface area contributed by atoms with E-state index in [-0.39, 0.29) is 24.0 Å². The maximum Gasteiger partial charge on any atom is 0.315 e. The summed E-state index contributed by atoms with van der Waals surface area (Å²) in [5.41, 5.74) is -0.0463. The van der Waals surface area contributed by atoms with E-state index in [2.05, 4.69) is 22.8 Å². The van der Waals surface area contributed by atoms with Gasteiger partial charge in [-0.25, -0.2) is 4.79 Å². The topological polar surface area (TPSA) is 41.1 Å². The van der Waals surface area contributed by atoms with Gasteiger partial charge in [0.25, 0.3) is 0 Å². The number of carbonyl (C=O) groups is 1. The molecule has 0 aromatic heterocycles. The van der Waals surface area contributed by atoms with Crippen molar-refractivity contribution in [3.8, 4) is 0 Å². The van der Waals surface area contributed by atoms with Gasteiger partial charge in [-0.3, -0.25) is 0 Å². The molecule has 0 aromatic carbocycles. The van der Waals surface area contributed by atoms with Crippen LogP contribution in [0.5, 0.6) is 0 Å². The van der Waals surface area contributed by atoms with Gasteiger partial charge in [-0.15, -0.1) is 12.4 Å². The summed E-state index contributed by atoms with van der Waals surface area (Å²) >= 11 is 0. The van der Waals surface area contributed by atoms with Gasteiger partial charge in [0.05, 0.1) is 5.54 Å². The van der Waals surface area contributed by atoms with Crippen LogP contribution in [0.4, 0.5) is 4.79 Å². The number of urea groups is 1. The Kier molecular flexibility index (Phi) is 2.62. The molecule has 4 heteroatoms. The van der Waals surface area contributed by atoms with E-state index in [1.54, 1.807) is 0 Å². The molecule has 0 radical (unpaired) electrons. The van der Waals surface area contributed by atoms with Crippen molar-refractivity contribution in [2.45, 2.75) is 24.8 Å². The average molecular weight is 189 g/mol. The summed E-state index contributed by atoms with van der Waals surface area (Å²) in [5.74, 6) is 0. The number of hydrogen-bond acceptors (Lipinski definition) is 1. The zero-order valence-corrected chi connectivity index (χ0v) is 7.62. The minimum absolute atomic E-state index is 0. The smallest absolute Gasteiger partial charge is 0.315 e. The first-order chi connectivity index (χ1) is 5.31. The normalized spacial score (nSPS) is 32.5. The second kappa shape index (κ2) is 3.35. The van der Waals surface area contributed by atoms with E-state index in [1.165, 1.54) is 6.42 Å². The van der Waals surface area contributed by atoms with E-state index < -0.39 is 0 Å². The molecule has 68 valence electrons. The third kappa shape index (κ3) is 1.55. The number of amides is 2. The molecule has 0 bridgehead atoms. The number of halogens is 1. The highest BCUT2D eigenvalue weighted by Crippen LogP contribution is 2.23. The van der Waals surface area contributed by atoms with Gasteiger partial charge in [-0.2, -0.15) is 0 Å². The van der Waals surface area contributed by atoms with Crippen LogP contribution in [0.3, 0.4) is 0 Å². The molecule has 1 heterocycles. The molecule has 12 heavy (non-hydrogen) atoms. The standard InChI is InChI=1S/C8H12N2O.ClH/c11-7-9-6-8(10-7)4-2-1-3-5-8;/h2,4H,1,3,5-6H2,(H2,9,10,11);1H. The maximum atomic E-state index is 10.9. The molecule has 2 aliphatic rings. The van der Waals surface area contributed by atoms with Crippen LogP contribution in [0.15, 0.2) is 12.2 Å². The number of hydrogen-bond donors (Lipinski definition) is 2. The number of rotatable bonds is 0. The minimum Gasteiger partial charge on any atom is -0.335 e. The first-order valence-corrected chi connectivity index (χ1v) is 4.05. The van der Waals surface area contributed by atoms with Crippen molar-refractivity contribution in [1.29, 1.82) is 0 Å². The fraction of sp³-hybridized carbons (Fsp3) is 0.625. The highest BCUT2D eigenvalue weighted by atomic mass is 35.5. The number of carbonyl (C=O) groups excluding carboxylic acids is 1. The Morgan fingerprint density at radius 2 is 2.33 bits per heavy atom. The third-order valence-electron chi connectivity index (χ3n) is 2.36. The summed E-state index contributed by atoms with van der Waals surface area (Å²) in [6.45, 7) is 0.752. The molecular formula is C8H13ClN2O. The second-order valence-corrected chi connectivity index (χ2v) is 3.26. The van der Waals surface area contributed by atoms with Gasteiger partial charge in [-0.1, -0.05) is 12.2 Å². The van der Waals surface area contributed by atoms with Crippen molar-refractivity contribution in [1.82, 2.24) is 10.6 Å². The fourth-order valence-corrected chi connectivity index (χ4v) is 1.73. The van der Waals surface area contributed by atoms with Crippen LogP contribution in [0.25, 0.3) is 0 Å². The van der Waals surface area contributed by atoms with Crippen LogP contribution in [-0.2, 0) is 0 Å². The minimum atomic E-state index is -0.0463. The van der Waals surface area contributed by atoms with Crippen LogP contribution in [0, 0.1) is 0 Å². The first-order valence-electron chi connectivity index (χ1n) is 4.05. The molecule has 3 nitrogen and oxygen atoms in total.